The van der Waals surface area contributed by atoms with Crippen molar-refractivity contribution < 1.29 is 8.85 Å². The van der Waals surface area contributed by atoms with Crippen molar-refractivity contribution in [3.63, 3.8) is 0 Å². The molecule has 0 radical (unpaired) electrons. The van der Waals surface area contributed by atoms with Crippen LogP contribution in [0.5, 0.6) is 0 Å². The third-order valence-electron chi connectivity index (χ3n) is 11.6. The zero-order chi connectivity index (χ0) is 26.5. The maximum Gasteiger partial charge on any atom is 0.192 e. The van der Waals surface area contributed by atoms with Crippen LogP contribution >= 0.6 is 0 Å². The molecule has 3 unspecified atom stereocenters. The Morgan fingerprint density at radius 2 is 1.37 bits per heavy atom. The van der Waals surface area contributed by atoms with Gasteiger partial charge in [-0.1, -0.05) is 68.7 Å². The molecule has 2 rings (SSSR count). The summed E-state index contributed by atoms with van der Waals surface area (Å²) < 4.78 is 14.1. The van der Waals surface area contributed by atoms with Crippen LogP contribution in [0.3, 0.4) is 0 Å². The first-order valence-corrected chi connectivity index (χ1v) is 20.8. The summed E-state index contributed by atoms with van der Waals surface area (Å²) in [5.74, 6) is 3.19. The molecule has 0 N–H and O–H groups in total. The highest BCUT2D eigenvalue weighted by Crippen LogP contribution is 2.60. The zero-order valence-corrected chi connectivity index (χ0v) is 27.9. The smallest absolute Gasteiger partial charge is 0.192 e. The lowest BCUT2D eigenvalue weighted by Gasteiger charge is -2.49. The van der Waals surface area contributed by atoms with Crippen LogP contribution in [0.25, 0.3) is 0 Å². The molecule has 0 saturated heterocycles. The molecule has 0 aromatic rings. The fourth-order valence-corrected chi connectivity index (χ4v) is 14.5. The Labute approximate surface area is 223 Å². The van der Waals surface area contributed by atoms with E-state index in [0.717, 1.165) is 23.7 Å². The summed E-state index contributed by atoms with van der Waals surface area (Å²) >= 11 is 0. The monoisotopic (exact) mass is 524 g/mol. The van der Waals surface area contributed by atoms with Gasteiger partial charge in [-0.25, -0.2) is 0 Å². The Hall–Kier alpha value is 0.354. The minimum atomic E-state index is -1.56. The van der Waals surface area contributed by atoms with Gasteiger partial charge in [-0.05, 0) is 118 Å². The lowest BCUT2D eigenvalue weighted by atomic mass is 9.60. The predicted molar refractivity (Wildman–Crippen MR) is 160 cm³/mol. The van der Waals surface area contributed by atoms with Gasteiger partial charge in [-0.3, -0.25) is 0 Å². The first-order valence-electron chi connectivity index (χ1n) is 15.8. The summed E-state index contributed by atoms with van der Waals surface area (Å²) in [6.45, 7) is 26.8. The van der Waals surface area contributed by atoms with Gasteiger partial charge in [-0.2, -0.15) is 0 Å². The van der Waals surface area contributed by atoms with Gasteiger partial charge in [0, 0.05) is 6.10 Å². The van der Waals surface area contributed by atoms with E-state index >= 15 is 0 Å². The number of fused-ring (bicyclic) bond motifs is 1. The molecule has 0 aromatic heterocycles. The first-order chi connectivity index (χ1) is 16.4. The van der Waals surface area contributed by atoms with E-state index in [0.29, 0.717) is 11.5 Å². The topological polar surface area (TPSA) is 18.5 Å². The largest absolute Gasteiger partial charge is 0.414 e. The van der Waals surface area contributed by atoms with Crippen molar-refractivity contribution in [3.05, 3.63) is 0 Å². The van der Waals surface area contributed by atoms with E-state index in [2.05, 4.69) is 76.2 Å². The second-order valence-corrected chi connectivity index (χ2v) is 23.0. The molecule has 2 aliphatic rings. The van der Waals surface area contributed by atoms with Crippen LogP contribution < -0.4 is 0 Å². The molecular weight excluding hydrogens is 461 g/mol. The van der Waals surface area contributed by atoms with Crippen LogP contribution in [-0.4, -0.2) is 28.3 Å². The molecule has 2 saturated carbocycles. The van der Waals surface area contributed by atoms with Crippen LogP contribution in [-0.2, 0) is 8.85 Å². The summed E-state index contributed by atoms with van der Waals surface area (Å²) in [6, 6.07) is 7.60. The molecular formula is C31H64O2Si2. The van der Waals surface area contributed by atoms with E-state index in [1.807, 2.05) is 0 Å². The van der Waals surface area contributed by atoms with Crippen LogP contribution in [0.1, 0.15) is 121 Å². The number of hydrogen-bond donors (Lipinski definition) is 0. The third kappa shape index (κ3) is 7.06. The summed E-state index contributed by atoms with van der Waals surface area (Å²) in [7, 11) is -3.10. The van der Waals surface area contributed by atoms with Gasteiger partial charge in [-0.15, -0.1) is 0 Å². The molecule has 0 spiro atoms. The van der Waals surface area contributed by atoms with Crippen molar-refractivity contribution in [1.29, 1.82) is 0 Å². The molecule has 0 aromatic carbocycles. The summed E-state index contributed by atoms with van der Waals surface area (Å²) in [6.07, 6.45) is 9.96. The van der Waals surface area contributed by atoms with Crippen molar-refractivity contribution in [2.75, 3.05) is 0 Å². The summed E-state index contributed by atoms with van der Waals surface area (Å²) in [4.78, 5) is 0. The van der Waals surface area contributed by atoms with E-state index in [4.69, 9.17) is 8.85 Å². The Morgan fingerprint density at radius 1 is 0.829 bits per heavy atom. The van der Waals surface area contributed by atoms with Crippen LogP contribution in [0.4, 0.5) is 0 Å². The van der Waals surface area contributed by atoms with Crippen molar-refractivity contribution in [2.45, 2.75) is 169 Å². The summed E-state index contributed by atoms with van der Waals surface area (Å²) in [5.41, 5.74) is 0.495. The fraction of sp³-hybridized carbons (Fsp3) is 1.00. The quantitative estimate of drug-likeness (QED) is 0.198. The van der Waals surface area contributed by atoms with Crippen molar-refractivity contribution in [1.82, 2.24) is 0 Å². The number of rotatable bonds is 15. The van der Waals surface area contributed by atoms with Crippen LogP contribution in [0, 0.1) is 29.1 Å². The Bertz CT molecular complexity index is 611. The second kappa shape index (κ2) is 12.9. The molecule has 4 heteroatoms. The average molecular weight is 525 g/mol. The first kappa shape index (κ1) is 31.6. The Morgan fingerprint density at radius 3 is 1.89 bits per heavy atom. The van der Waals surface area contributed by atoms with Gasteiger partial charge in [0.05, 0.1) is 5.60 Å². The van der Waals surface area contributed by atoms with Gasteiger partial charge in [0.2, 0.25) is 0 Å². The van der Waals surface area contributed by atoms with E-state index in [-0.39, 0.29) is 5.60 Å². The minimum Gasteiger partial charge on any atom is -0.414 e. The van der Waals surface area contributed by atoms with Crippen molar-refractivity contribution in [3.8, 4) is 0 Å². The molecule has 0 heterocycles. The van der Waals surface area contributed by atoms with Gasteiger partial charge in [0.15, 0.2) is 16.6 Å². The SMILES string of the molecule is CC[Si](CC)(CC)O[C@H]1CCC[C@]2(C)C([C@@H](C)C(C)CCC(C)(C)O[Si](CC)(CC)CC)CCC12. The van der Waals surface area contributed by atoms with E-state index in [9.17, 15) is 0 Å². The molecule has 2 fully saturated rings. The fourth-order valence-electron chi connectivity index (χ4n) is 8.32. The zero-order valence-electron chi connectivity index (χ0n) is 25.9. The molecule has 35 heavy (non-hydrogen) atoms. The minimum absolute atomic E-state index is 0.0164. The molecule has 2 nitrogen and oxygen atoms in total. The van der Waals surface area contributed by atoms with E-state index in [1.54, 1.807) is 0 Å². The Kier molecular flexibility index (Phi) is 11.7. The van der Waals surface area contributed by atoms with E-state index < -0.39 is 16.6 Å². The third-order valence-corrected chi connectivity index (χ3v) is 21.2. The summed E-state index contributed by atoms with van der Waals surface area (Å²) in [5, 5.41) is 0. The van der Waals surface area contributed by atoms with Crippen molar-refractivity contribution >= 4 is 16.6 Å². The van der Waals surface area contributed by atoms with Gasteiger partial charge in [0.1, 0.15) is 0 Å². The van der Waals surface area contributed by atoms with Crippen LogP contribution in [0.15, 0.2) is 0 Å². The highest BCUT2D eigenvalue weighted by Gasteiger charge is 2.54. The lowest BCUT2D eigenvalue weighted by Crippen LogP contribution is -2.49. The Balaban J connectivity index is 2.05. The molecule has 208 valence electrons. The molecule has 0 aliphatic heterocycles. The van der Waals surface area contributed by atoms with Gasteiger partial charge in [0.25, 0.3) is 0 Å². The standard InChI is InChI=1S/C31H64O2Si2/c1-12-34(13-2,14-3)32-29-19-18-23-31(11)27(20-21-28(29)31)26(8)25(7)22-24-30(9,10)33-35(15-4,16-5)17-6/h25-29H,12-24H2,1-11H3/t25?,26-,27?,28?,29-,31+/m0/s1. The van der Waals surface area contributed by atoms with Crippen molar-refractivity contribution in [2.24, 2.45) is 29.1 Å². The number of hydrogen-bond acceptors (Lipinski definition) is 2. The predicted octanol–water partition coefficient (Wildman–Crippen LogP) is 10.4. The second-order valence-electron chi connectivity index (χ2n) is 13.6. The molecule has 2 aliphatic carbocycles. The highest BCUT2D eigenvalue weighted by atomic mass is 28.4. The van der Waals surface area contributed by atoms with Gasteiger partial charge >= 0.3 is 0 Å². The van der Waals surface area contributed by atoms with Gasteiger partial charge < -0.3 is 8.85 Å². The molecule has 0 bridgehead atoms. The highest BCUT2D eigenvalue weighted by molar-refractivity contribution is 6.74. The maximum atomic E-state index is 7.19. The lowest BCUT2D eigenvalue weighted by molar-refractivity contribution is -0.0266. The molecule has 6 atom stereocenters. The average Bonchev–Trinajstić information content (AvgIpc) is 3.21. The normalized spacial score (nSPS) is 29.7. The maximum absolute atomic E-state index is 7.19. The van der Waals surface area contributed by atoms with E-state index in [1.165, 1.54) is 81.2 Å². The molecule has 0 amide bonds. The van der Waals surface area contributed by atoms with Crippen LogP contribution in [0.2, 0.25) is 36.3 Å².